The van der Waals surface area contributed by atoms with Gasteiger partial charge in [0.1, 0.15) is 11.6 Å². The van der Waals surface area contributed by atoms with Crippen molar-refractivity contribution in [3.8, 4) is 17.0 Å². The lowest BCUT2D eigenvalue weighted by molar-refractivity contribution is 0.0968. The van der Waals surface area contributed by atoms with Gasteiger partial charge in [-0.05, 0) is 73.9 Å². The molecule has 0 aliphatic carbocycles. The maximum Gasteiger partial charge on any atom is 0.190 e. The summed E-state index contributed by atoms with van der Waals surface area (Å²) in [6.07, 6.45) is 2.33. The minimum atomic E-state index is -0.232. The van der Waals surface area contributed by atoms with E-state index in [0.29, 0.717) is 6.61 Å². The van der Waals surface area contributed by atoms with Gasteiger partial charge < -0.3 is 14.0 Å². The van der Waals surface area contributed by atoms with E-state index in [-0.39, 0.29) is 11.9 Å². The van der Waals surface area contributed by atoms with Crippen LogP contribution in [0.1, 0.15) is 19.8 Å². The lowest BCUT2D eigenvalue weighted by Gasteiger charge is -2.14. The van der Waals surface area contributed by atoms with Crippen molar-refractivity contribution in [2.45, 2.75) is 32.4 Å². The van der Waals surface area contributed by atoms with Gasteiger partial charge in [-0.3, -0.25) is 0 Å². The maximum atomic E-state index is 13.4. The minimum Gasteiger partial charge on any atom is -0.494 e. The fraction of sp³-hybridized carbons (Fsp3) is 0.318. The molecule has 0 radical (unpaired) electrons. The van der Waals surface area contributed by atoms with E-state index < -0.39 is 0 Å². The van der Waals surface area contributed by atoms with E-state index in [1.165, 1.54) is 12.1 Å². The highest BCUT2D eigenvalue weighted by atomic mass is 32.1. The van der Waals surface area contributed by atoms with Crippen molar-refractivity contribution in [2.24, 2.45) is 4.99 Å². The summed E-state index contributed by atoms with van der Waals surface area (Å²) >= 11 is 1.58. The Morgan fingerprint density at radius 1 is 1.18 bits per heavy atom. The summed E-state index contributed by atoms with van der Waals surface area (Å²) in [5.41, 5.74) is 2.88. The molecule has 146 valence electrons. The smallest absolute Gasteiger partial charge is 0.190 e. The van der Waals surface area contributed by atoms with Crippen LogP contribution in [-0.4, -0.2) is 23.9 Å². The van der Waals surface area contributed by atoms with Gasteiger partial charge in [0, 0.05) is 12.0 Å². The predicted molar refractivity (Wildman–Crippen MR) is 110 cm³/mol. The van der Waals surface area contributed by atoms with Crippen molar-refractivity contribution in [2.75, 3.05) is 13.2 Å². The van der Waals surface area contributed by atoms with Crippen molar-refractivity contribution in [3.63, 3.8) is 0 Å². The standard InChI is InChI=1S/C22H23FN2O2S/c1-2-26-19-11-9-18(10-12-19)24-22-25(14-20-4-3-13-27-20)21(15-28-22)16-5-7-17(23)8-6-16/h5-12,15,20H,2-4,13-14H2,1H3. The average Bonchev–Trinajstić information content (AvgIpc) is 3.35. The molecule has 1 aliphatic rings. The van der Waals surface area contributed by atoms with Crippen molar-refractivity contribution >= 4 is 17.0 Å². The molecule has 6 heteroatoms. The molecule has 4 rings (SSSR count). The van der Waals surface area contributed by atoms with E-state index in [0.717, 1.165) is 53.5 Å². The van der Waals surface area contributed by atoms with Gasteiger partial charge in [0.25, 0.3) is 0 Å². The molecule has 0 saturated carbocycles. The predicted octanol–water partition coefficient (Wildman–Crippen LogP) is 5.17. The van der Waals surface area contributed by atoms with Gasteiger partial charge >= 0.3 is 0 Å². The fourth-order valence-corrected chi connectivity index (χ4v) is 4.27. The zero-order chi connectivity index (χ0) is 19.3. The van der Waals surface area contributed by atoms with E-state index in [9.17, 15) is 4.39 Å². The van der Waals surface area contributed by atoms with Crippen LogP contribution in [0.15, 0.2) is 58.9 Å². The van der Waals surface area contributed by atoms with E-state index >= 15 is 0 Å². The molecule has 2 aromatic carbocycles. The largest absolute Gasteiger partial charge is 0.494 e. The van der Waals surface area contributed by atoms with Crippen molar-refractivity contribution in [1.29, 1.82) is 0 Å². The Bertz CT molecular complexity index is 971. The van der Waals surface area contributed by atoms with Crippen LogP contribution in [0, 0.1) is 5.82 Å². The topological polar surface area (TPSA) is 35.8 Å². The van der Waals surface area contributed by atoms with Gasteiger partial charge in [-0.15, -0.1) is 11.3 Å². The number of rotatable bonds is 6. The molecular weight excluding hydrogens is 375 g/mol. The van der Waals surface area contributed by atoms with Crippen LogP contribution < -0.4 is 9.54 Å². The number of ether oxygens (including phenoxy) is 2. The Hall–Kier alpha value is -2.44. The lowest BCUT2D eigenvalue weighted by Crippen LogP contribution is -2.24. The molecule has 28 heavy (non-hydrogen) atoms. The summed E-state index contributed by atoms with van der Waals surface area (Å²) in [5, 5.41) is 2.08. The molecule has 2 heterocycles. The van der Waals surface area contributed by atoms with E-state index in [4.69, 9.17) is 14.5 Å². The van der Waals surface area contributed by atoms with Crippen molar-refractivity contribution < 1.29 is 13.9 Å². The first-order chi connectivity index (χ1) is 13.7. The molecule has 1 saturated heterocycles. The monoisotopic (exact) mass is 398 g/mol. The normalized spacial score (nSPS) is 17.2. The Kier molecular flexibility index (Phi) is 5.88. The molecule has 1 atom stereocenters. The van der Waals surface area contributed by atoms with Gasteiger partial charge in [0.15, 0.2) is 4.80 Å². The van der Waals surface area contributed by atoms with Crippen LogP contribution in [0.2, 0.25) is 0 Å². The van der Waals surface area contributed by atoms with E-state index in [2.05, 4.69) is 9.95 Å². The van der Waals surface area contributed by atoms with Crippen LogP contribution in [-0.2, 0) is 11.3 Å². The molecular formula is C22H23FN2O2S. The number of hydrogen-bond acceptors (Lipinski definition) is 4. The van der Waals surface area contributed by atoms with Gasteiger partial charge in [0.2, 0.25) is 0 Å². The molecule has 0 amide bonds. The molecule has 0 bridgehead atoms. The molecule has 3 aromatic rings. The molecule has 1 aromatic heterocycles. The Morgan fingerprint density at radius 2 is 1.96 bits per heavy atom. The van der Waals surface area contributed by atoms with Crippen LogP contribution in [0.5, 0.6) is 5.75 Å². The summed E-state index contributed by atoms with van der Waals surface area (Å²) < 4.78 is 26.9. The molecule has 4 nitrogen and oxygen atoms in total. The second-order valence-corrected chi connectivity index (χ2v) is 7.53. The second-order valence-electron chi connectivity index (χ2n) is 6.69. The number of hydrogen-bond donors (Lipinski definition) is 0. The maximum absolute atomic E-state index is 13.4. The number of thiazole rings is 1. The Morgan fingerprint density at radius 3 is 2.64 bits per heavy atom. The first-order valence-corrected chi connectivity index (χ1v) is 10.4. The third-order valence-corrected chi connectivity index (χ3v) is 5.58. The first kappa shape index (κ1) is 18.9. The SMILES string of the molecule is CCOc1ccc(N=c2scc(-c3ccc(F)cc3)n2CC2CCCO2)cc1. The highest BCUT2D eigenvalue weighted by Gasteiger charge is 2.19. The minimum absolute atomic E-state index is 0.188. The zero-order valence-corrected chi connectivity index (χ0v) is 16.6. The average molecular weight is 399 g/mol. The van der Waals surface area contributed by atoms with Crippen LogP contribution in [0.3, 0.4) is 0 Å². The summed E-state index contributed by atoms with van der Waals surface area (Å²) in [5.74, 6) is 0.607. The number of aromatic nitrogens is 1. The summed E-state index contributed by atoms with van der Waals surface area (Å²) in [4.78, 5) is 5.75. The lowest BCUT2D eigenvalue weighted by atomic mass is 10.1. The fourth-order valence-electron chi connectivity index (χ4n) is 3.33. The second kappa shape index (κ2) is 8.71. The third kappa shape index (κ3) is 4.34. The first-order valence-electron chi connectivity index (χ1n) is 9.56. The van der Waals surface area contributed by atoms with E-state index in [1.54, 1.807) is 11.3 Å². The number of halogens is 1. The highest BCUT2D eigenvalue weighted by molar-refractivity contribution is 7.07. The zero-order valence-electron chi connectivity index (χ0n) is 15.8. The van der Waals surface area contributed by atoms with Gasteiger partial charge in [0.05, 0.1) is 30.6 Å². The van der Waals surface area contributed by atoms with Crippen LogP contribution in [0.25, 0.3) is 11.3 Å². The van der Waals surface area contributed by atoms with Gasteiger partial charge in [-0.2, -0.15) is 0 Å². The van der Waals surface area contributed by atoms with Gasteiger partial charge in [-0.25, -0.2) is 9.38 Å². The van der Waals surface area contributed by atoms with Gasteiger partial charge in [-0.1, -0.05) is 0 Å². The number of benzene rings is 2. The number of nitrogens with zero attached hydrogens (tertiary/aromatic N) is 2. The van der Waals surface area contributed by atoms with E-state index in [1.807, 2.05) is 43.3 Å². The van der Waals surface area contributed by atoms with Crippen molar-refractivity contribution in [3.05, 3.63) is 64.5 Å². The Balaban J connectivity index is 1.72. The summed E-state index contributed by atoms with van der Waals surface area (Å²) in [6, 6.07) is 14.4. The molecule has 1 fully saturated rings. The van der Waals surface area contributed by atoms with Crippen molar-refractivity contribution in [1.82, 2.24) is 4.57 Å². The quantitative estimate of drug-likeness (QED) is 0.575. The third-order valence-electron chi connectivity index (χ3n) is 4.72. The molecule has 1 aliphatic heterocycles. The Labute approximate surface area is 167 Å². The molecule has 0 N–H and O–H groups in total. The summed E-state index contributed by atoms with van der Waals surface area (Å²) in [7, 11) is 0. The van der Waals surface area contributed by atoms with Crippen LogP contribution in [0.4, 0.5) is 10.1 Å². The van der Waals surface area contributed by atoms with Crippen LogP contribution >= 0.6 is 11.3 Å². The molecule has 1 unspecified atom stereocenters. The highest BCUT2D eigenvalue weighted by Crippen LogP contribution is 2.24. The molecule has 0 spiro atoms. The summed E-state index contributed by atoms with van der Waals surface area (Å²) in [6.45, 7) is 4.16.